The third kappa shape index (κ3) is 3.05. The summed E-state index contributed by atoms with van der Waals surface area (Å²) in [4.78, 5) is 15.9. The Balaban J connectivity index is 0.00000133. The molecule has 5 nitrogen and oxygen atoms in total. The fourth-order valence-corrected chi connectivity index (χ4v) is 1.89. The molecule has 0 aliphatic heterocycles. The molecule has 1 aliphatic carbocycles. The van der Waals surface area contributed by atoms with E-state index in [9.17, 15) is 4.79 Å². The lowest BCUT2D eigenvalue weighted by molar-refractivity contribution is -0.115. The van der Waals surface area contributed by atoms with Crippen molar-refractivity contribution < 1.29 is 9.21 Å². The van der Waals surface area contributed by atoms with Crippen LogP contribution in [-0.4, -0.2) is 24.5 Å². The predicted molar refractivity (Wildman–Crippen MR) is 75.8 cm³/mol. The number of hydrogen-bond donors (Lipinski definition) is 2. The second-order valence-electron chi connectivity index (χ2n) is 4.59. The van der Waals surface area contributed by atoms with Crippen LogP contribution >= 0.6 is 12.4 Å². The molecule has 19 heavy (non-hydrogen) atoms. The Morgan fingerprint density at radius 1 is 1.47 bits per heavy atom. The quantitative estimate of drug-likeness (QED) is 0.902. The average Bonchev–Trinajstić information content (AvgIpc) is 3.10. The summed E-state index contributed by atoms with van der Waals surface area (Å²) in [6, 6.07) is 5.53. The van der Waals surface area contributed by atoms with E-state index in [-0.39, 0.29) is 18.3 Å². The summed E-state index contributed by atoms with van der Waals surface area (Å²) >= 11 is 0. The zero-order valence-electron chi connectivity index (χ0n) is 10.6. The molecule has 1 amide bonds. The molecule has 1 aromatic heterocycles. The fourth-order valence-electron chi connectivity index (χ4n) is 1.89. The number of oxazole rings is 1. The molecule has 0 radical (unpaired) electrons. The number of carbonyl (C=O) groups excluding carboxylic acids is 1. The molecule has 3 rings (SSSR count). The van der Waals surface area contributed by atoms with E-state index in [1.54, 1.807) is 7.05 Å². The Labute approximate surface area is 117 Å². The van der Waals surface area contributed by atoms with E-state index in [1.807, 2.05) is 18.2 Å². The Hall–Kier alpha value is -1.59. The molecule has 1 heterocycles. The van der Waals surface area contributed by atoms with E-state index in [1.165, 1.54) is 12.8 Å². The number of anilines is 1. The Kier molecular flexibility index (Phi) is 4.07. The first-order chi connectivity index (χ1) is 8.76. The Bertz CT molecular complexity index is 593. The van der Waals surface area contributed by atoms with Gasteiger partial charge in [0.05, 0.1) is 6.54 Å². The van der Waals surface area contributed by atoms with Crippen LogP contribution in [0, 0.1) is 0 Å². The summed E-state index contributed by atoms with van der Waals surface area (Å²) in [7, 11) is 1.74. The van der Waals surface area contributed by atoms with Crippen molar-refractivity contribution >= 4 is 35.1 Å². The number of likely N-dealkylation sites (N-methyl/N-ethyl adjacent to an activating group) is 1. The van der Waals surface area contributed by atoms with Crippen molar-refractivity contribution in [2.45, 2.75) is 18.8 Å². The molecule has 0 saturated heterocycles. The van der Waals surface area contributed by atoms with Gasteiger partial charge in [0.1, 0.15) is 5.52 Å². The molecular formula is C13H16ClN3O2. The maximum atomic E-state index is 11.5. The predicted octanol–water partition coefficient (Wildman–Crippen LogP) is 2.28. The first-order valence-corrected chi connectivity index (χ1v) is 6.11. The average molecular weight is 282 g/mol. The second-order valence-corrected chi connectivity index (χ2v) is 4.59. The van der Waals surface area contributed by atoms with Crippen molar-refractivity contribution in [3.63, 3.8) is 0 Å². The van der Waals surface area contributed by atoms with Gasteiger partial charge in [-0.2, -0.15) is 0 Å². The van der Waals surface area contributed by atoms with Crippen LogP contribution < -0.4 is 10.6 Å². The highest BCUT2D eigenvalue weighted by molar-refractivity contribution is 5.94. The molecule has 0 bridgehead atoms. The number of rotatable bonds is 4. The number of fused-ring (bicyclic) bond motifs is 1. The monoisotopic (exact) mass is 281 g/mol. The molecule has 1 saturated carbocycles. The van der Waals surface area contributed by atoms with Crippen LogP contribution in [-0.2, 0) is 4.79 Å². The van der Waals surface area contributed by atoms with Crippen LogP contribution in [0.3, 0.4) is 0 Å². The van der Waals surface area contributed by atoms with Crippen molar-refractivity contribution in [1.29, 1.82) is 0 Å². The summed E-state index contributed by atoms with van der Waals surface area (Å²) in [5, 5.41) is 5.61. The van der Waals surface area contributed by atoms with Crippen molar-refractivity contribution in [1.82, 2.24) is 10.3 Å². The standard InChI is InChI=1S/C13H15N3O2.ClH/c1-14-7-12(17)15-9-4-5-11-10(6-9)16-13(18-11)8-2-3-8;/h4-6,8,14H,2-3,7H2,1H3,(H,15,17);1H. The van der Waals surface area contributed by atoms with Crippen molar-refractivity contribution in [3.05, 3.63) is 24.1 Å². The van der Waals surface area contributed by atoms with Crippen molar-refractivity contribution in [2.75, 3.05) is 18.9 Å². The molecule has 6 heteroatoms. The molecule has 1 aromatic carbocycles. The molecular weight excluding hydrogens is 266 g/mol. The number of hydrogen-bond acceptors (Lipinski definition) is 4. The normalized spacial score (nSPS) is 14.2. The minimum Gasteiger partial charge on any atom is -0.440 e. The Morgan fingerprint density at radius 3 is 2.95 bits per heavy atom. The van der Waals surface area contributed by atoms with Crippen LogP contribution in [0.2, 0.25) is 0 Å². The number of nitrogens with zero attached hydrogens (tertiary/aromatic N) is 1. The number of benzene rings is 1. The van der Waals surface area contributed by atoms with E-state index < -0.39 is 0 Å². The second kappa shape index (κ2) is 5.59. The van der Waals surface area contributed by atoms with E-state index in [0.29, 0.717) is 12.5 Å². The maximum absolute atomic E-state index is 11.5. The molecule has 102 valence electrons. The number of nitrogens with one attached hydrogen (secondary N) is 2. The number of carbonyl (C=O) groups is 1. The minimum atomic E-state index is -0.0669. The minimum absolute atomic E-state index is 0. The molecule has 2 aromatic rings. The fraction of sp³-hybridized carbons (Fsp3) is 0.385. The summed E-state index contributed by atoms with van der Waals surface area (Å²) in [6.45, 7) is 0.296. The van der Waals surface area contributed by atoms with E-state index >= 15 is 0 Å². The lowest BCUT2D eigenvalue weighted by Crippen LogP contribution is -2.24. The van der Waals surface area contributed by atoms with Gasteiger partial charge in [0.25, 0.3) is 0 Å². The molecule has 2 N–H and O–H groups in total. The lowest BCUT2D eigenvalue weighted by atomic mass is 10.3. The number of amides is 1. The van der Waals surface area contributed by atoms with Gasteiger partial charge in [-0.3, -0.25) is 4.79 Å². The van der Waals surface area contributed by atoms with Gasteiger partial charge in [-0.25, -0.2) is 4.98 Å². The lowest BCUT2D eigenvalue weighted by Gasteiger charge is -2.03. The molecule has 0 spiro atoms. The first-order valence-electron chi connectivity index (χ1n) is 6.11. The van der Waals surface area contributed by atoms with E-state index in [0.717, 1.165) is 22.7 Å². The molecule has 1 aliphatic rings. The van der Waals surface area contributed by atoms with Gasteiger partial charge in [0.2, 0.25) is 5.91 Å². The van der Waals surface area contributed by atoms with Gasteiger partial charge in [0, 0.05) is 11.6 Å². The van der Waals surface area contributed by atoms with Crippen molar-refractivity contribution in [2.24, 2.45) is 0 Å². The van der Waals surface area contributed by atoms with Crippen LogP contribution in [0.25, 0.3) is 11.1 Å². The molecule has 1 fully saturated rings. The summed E-state index contributed by atoms with van der Waals surface area (Å²) < 4.78 is 5.66. The van der Waals surface area contributed by atoms with Gasteiger partial charge >= 0.3 is 0 Å². The summed E-state index contributed by atoms with van der Waals surface area (Å²) in [5.41, 5.74) is 2.33. The number of aromatic nitrogens is 1. The smallest absolute Gasteiger partial charge is 0.238 e. The largest absolute Gasteiger partial charge is 0.440 e. The van der Waals surface area contributed by atoms with E-state index in [2.05, 4.69) is 15.6 Å². The highest BCUT2D eigenvalue weighted by Crippen LogP contribution is 2.40. The topological polar surface area (TPSA) is 67.2 Å². The first kappa shape index (κ1) is 13.8. The van der Waals surface area contributed by atoms with Gasteiger partial charge in [-0.15, -0.1) is 12.4 Å². The Morgan fingerprint density at radius 2 is 2.26 bits per heavy atom. The van der Waals surface area contributed by atoms with Crippen LogP contribution in [0.4, 0.5) is 5.69 Å². The zero-order valence-corrected chi connectivity index (χ0v) is 11.4. The van der Waals surface area contributed by atoms with Gasteiger partial charge in [-0.1, -0.05) is 0 Å². The SMILES string of the molecule is CNCC(=O)Nc1ccc2oc(C3CC3)nc2c1.Cl. The third-order valence-electron chi connectivity index (χ3n) is 2.95. The van der Waals surface area contributed by atoms with Crippen LogP contribution in [0.1, 0.15) is 24.7 Å². The summed E-state index contributed by atoms with van der Waals surface area (Å²) in [5.74, 6) is 1.26. The van der Waals surface area contributed by atoms with Crippen LogP contribution in [0.5, 0.6) is 0 Å². The maximum Gasteiger partial charge on any atom is 0.238 e. The highest BCUT2D eigenvalue weighted by Gasteiger charge is 2.28. The molecule has 0 unspecified atom stereocenters. The van der Waals surface area contributed by atoms with Crippen LogP contribution in [0.15, 0.2) is 22.6 Å². The third-order valence-corrected chi connectivity index (χ3v) is 2.95. The van der Waals surface area contributed by atoms with Crippen molar-refractivity contribution in [3.8, 4) is 0 Å². The van der Waals surface area contributed by atoms with Gasteiger partial charge < -0.3 is 15.1 Å². The van der Waals surface area contributed by atoms with Gasteiger partial charge in [-0.05, 0) is 38.1 Å². The number of halogens is 1. The van der Waals surface area contributed by atoms with Gasteiger partial charge in [0.15, 0.2) is 11.5 Å². The summed E-state index contributed by atoms with van der Waals surface area (Å²) in [6.07, 6.45) is 2.33. The highest BCUT2D eigenvalue weighted by atomic mass is 35.5. The molecule has 0 atom stereocenters. The van der Waals surface area contributed by atoms with E-state index in [4.69, 9.17) is 4.42 Å². The zero-order chi connectivity index (χ0) is 12.5.